The van der Waals surface area contributed by atoms with Crippen molar-refractivity contribution < 1.29 is 18.8 Å². The number of urea groups is 1. The van der Waals surface area contributed by atoms with E-state index in [1.165, 1.54) is 12.1 Å². The Labute approximate surface area is 222 Å². The molecule has 0 radical (unpaired) electrons. The fourth-order valence-corrected chi connectivity index (χ4v) is 5.67. The van der Waals surface area contributed by atoms with Crippen molar-refractivity contribution in [3.63, 3.8) is 0 Å². The summed E-state index contributed by atoms with van der Waals surface area (Å²) >= 11 is 0. The molecule has 0 saturated carbocycles. The Bertz CT molecular complexity index is 1220. The zero-order valence-electron chi connectivity index (χ0n) is 21.9. The van der Waals surface area contributed by atoms with Gasteiger partial charge >= 0.3 is 6.03 Å². The Balaban J connectivity index is 1.48. The predicted octanol–water partition coefficient (Wildman–Crippen LogP) is 2.78. The van der Waals surface area contributed by atoms with Gasteiger partial charge in [0.15, 0.2) is 0 Å². The van der Waals surface area contributed by atoms with Gasteiger partial charge in [-0.05, 0) is 36.7 Å². The van der Waals surface area contributed by atoms with Gasteiger partial charge in [-0.2, -0.15) is 0 Å². The van der Waals surface area contributed by atoms with Gasteiger partial charge in [-0.3, -0.25) is 14.5 Å². The van der Waals surface area contributed by atoms with Crippen LogP contribution in [0.4, 0.5) is 9.18 Å². The van der Waals surface area contributed by atoms with Gasteiger partial charge in [-0.25, -0.2) is 9.18 Å². The molecule has 3 aliphatic rings. The molecule has 2 atom stereocenters. The van der Waals surface area contributed by atoms with E-state index in [0.717, 1.165) is 25.2 Å². The number of piperazine rings is 1. The summed E-state index contributed by atoms with van der Waals surface area (Å²) in [6, 6.07) is 13.8. The third kappa shape index (κ3) is 4.90. The van der Waals surface area contributed by atoms with E-state index < -0.39 is 17.9 Å². The Morgan fingerprint density at radius 2 is 1.66 bits per heavy atom. The van der Waals surface area contributed by atoms with Gasteiger partial charge in [-0.15, -0.1) is 0 Å². The second-order valence-corrected chi connectivity index (χ2v) is 9.94. The highest BCUT2D eigenvalue weighted by molar-refractivity contribution is 6.03. The van der Waals surface area contributed by atoms with Crippen LogP contribution in [0, 0.1) is 5.82 Å². The maximum atomic E-state index is 14.1. The van der Waals surface area contributed by atoms with E-state index in [0.29, 0.717) is 42.9 Å². The summed E-state index contributed by atoms with van der Waals surface area (Å²) in [7, 11) is 0. The van der Waals surface area contributed by atoms with Crippen LogP contribution in [0.2, 0.25) is 0 Å². The highest BCUT2D eigenvalue weighted by atomic mass is 19.1. The number of amides is 4. The van der Waals surface area contributed by atoms with E-state index >= 15 is 0 Å². The number of carbonyl (C=O) groups excluding carboxylic acids is 3. The molecular formula is C29H34FN5O3. The first-order valence-corrected chi connectivity index (χ1v) is 13.3. The molecule has 3 aliphatic heterocycles. The summed E-state index contributed by atoms with van der Waals surface area (Å²) in [6.45, 7) is 8.31. The van der Waals surface area contributed by atoms with Crippen molar-refractivity contribution >= 4 is 17.8 Å². The van der Waals surface area contributed by atoms with Crippen molar-refractivity contribution in [1.29, 1.82) is 0 Å². The number of rotatable bonds is 7. The minimum absolute atomic E-state index is 0.0709. The molecule has 0 spiro atoms. The molecule has 0 aromatic heterocycles. The van der Waals surface area contributed by atoms with Gasteiger partial charge in [0.2, 0.25) is 5.91 Å². The topological polar surface area (TPSA) is 76.2 Å². The minimum Gasteiger partial charge on any atom is -0.338 e. The molecule has 8 nitrogen and oxygen atoms in total. The van der Waals surface area contributed by atoms with Gasteiger partial charge in [0.25, 0.3) is 5.91 Å². The Morgan fingerprint density at radius 3 is 2.29 bits per heavy atom. The van der Waals surface area contributed by atoms with Crippen molar-refractivity contribution in [2.24, 2.45) is 0 Å². The first-order chi connectivity index (χ1) is 18.4. The normalized spacial score (nSPS) is 21.0. The molecule has 4 amide bonds. The fourth-order valence-electron chi connectivity index (χ4n) is 5.67. The maximum Gasteiger partial charge on any atom is 0.322 e. The molecule has 0 aliphatic carbocycles. The number of carbonyl (C=O) groups is 3. The fraction of sp³-hybridized carbons (Fsp3) is 0.414. The standard InChI is InChI=1S/C29H34FN5O3/c1-3-32-14-16-33(17-15-32)27(36)23(18-20-8-6-5-7-9-20)35-19-24-25(28(35)37)26(31-29(38)34(24)4-2)21-10-12-22(30)13-11-21/h5-13,23,26H,3-4,14-19H2,1-2H3,(H,31,38)/t23-,26-/m1/s1. The zero-order chi connectivity index (χ0) is 26.8. The molecule has 5 rings (SSSR count). The van der Waals surface area contributed by atoms with Gasteiger partial charge < -0.3 is 20.0 Å². The molecule has 0 bridgehead atoms. The lowest BCUT2D eigenvalue weighted by Crippen LogP contribution is -2.56. The third-order valence-corrected chi connectivity index (χ3v) is 7.83. The Morgan fingerprint density at radius 1 is 0.974 bits per heavy atom. The quantitative estimate of drug-likeness (QED) is 0.611. The molecule has 3 heterocycles. The van der Waals surface area contributed by atoms with Crippen LogP contribution in [0.25, 0.3) is 0 Å². The lowest BCUT2D eigenvalue weighted by molar-refractivity contribution is -0.144. The zero-order valence-corrected chi connectivity index (χ0v) is 21.9. The summed E-state index contributed by atoms with van der Waals surface area (Å²) in [6.07, 6.45) is 0.384. The van der Waals surface area contributed by atoms with Crippen LogP contribution in [-0.4, -0.2) is 89.3 Å². The number of benzene rings is 2. The van der Waals surface area contributed by atoms with E-state index in [9.17, 15) is 18.8 Å². The minimum atomic E-state index is -0.709. The summed E-state index contributed by atoms with van der Waals surface area (Å²) in [5, 5.41) is 2.93. The molecule has 0 unspecified atom stereocenters. The summed E-state index contributed by atoms with van der Waals surface area (Å²) < 4.78 is 13.7. The van der Waals surface area contributed by atoms with E-state index in [2.05, 4.69) is 17.1 Å². The predicted molar refractivity (Wildman–Crippen MR) is 141 cm³/mol. The second-order valence-electron chi connectivity index (χ2n) is 9.94. The van der Waals surface area contributed by atoms with Gasteiger partial charge in [0.05, 0.1) is 23.9 Å². The monoisotopic (exact) mass is 519 g/mol. The smallest absolute Gasteiger partial charge is 0.322 e. The maximum absolute atomic E-state index is 14.1. The van der Waals surface area contributed by atoms with Crippen LogP contribution in [0.3, 0.4) is 0 Å². The van der Waals surface area contributed by atoms with Gasteiger partial charge in [-0.1, -0.05) is 49.4 Å². The number of nitrogens with zero attached hydrogens (tertiary/aromatic N) is 4. The first kappa shape index (κ1) is 25.9. The van der Waals surface area contributed by atoms with Crippen molar-refractivity contribution in [2.75, 3.05) is 45.8 Å². The number of nitrogens with one attached hydrogen (secondary N) is 1. The van der Waals surface area contributed by atoms with Crippen molar-refractivity contribution in [2.45, 2.75) is 32.4 Å². The molecular weight excluding hydrogens is 485 g/mol. The van der Waals surface area contributed by atoms with Crippen LogP contribution in [0.1, 0.15) is 31.0 Å². The van der Waals surface area contributed by atoms with Crippen LogP contribution < -0.4 is 5.32 Å². The van der Waals surface area contributed by atoms with Gasteiger partial charge in [0, 0.05) is 39.1 Å². The molecule has 38 heavy (non-hydrogen) atoms. The van der Waals surface area contributed by atoms with E-state index in [1.807, 2.05) is 42.2 Å². The Hall–Kier alpha value is -3.72. The van der Waals surface area contributed by atoms with Crippen LogP contribution in [0.15, 0.2) is 65.9 Å². The van der Waals surface area contributed by atoms with Gasteiger partial charge in [0.1, 0.15) is 11.9 Å². The number of hydrogen-bond donors (Lipinski definition) is 1. The van der Waals surface area contributed by atoms with Crippen LogP contribution >= 0.6 is 0 Å². The SMILES string of the molecule is CCN1CCN(C(=O)[C@@H](Cc2ccccc2)N2CC3=C(C2=O)[C@@H](c2ccc(F)cc2)NC(=O)N3CC)CC1. The van der Waals surface area contributed by atoms with Crippen LogP contribution in [0.5, 0.6) is 0 Å². The highest BCUT2D eigenvalue weighted by Crippen LogP contribution is 2.37. The third-order valence-electron chi connectivity index (χ3n) is 7.83. The number of hydrogen-bond acceptors (Lipinski definition) is 4. The van der Waals surface area contributed by atoms with E-state index in [1.54, 1.807) is 21.9 Å². The largest absolute Gasteiger partial charge is 0.338 e. The van der Waals surface area contributed by atoms with Crippen molar-refractivity contribution in [1.82, 2.24) is 24.9 Å². The molecule has 1 fully saturated rings. The molecule has 2 aromatic rings. The molecule has 1 saturated heterocycles. The Kier molecular flexibility index (Phi) is 7.46. The molecule has 200 valence electrons. The summed E-state index contributed by atoms with van der Waals surface area (Å²) in [4.78, 5) is 48.5. The van der Waals surface area contributed by atoms with Crippen LogP contribution in [-0.2, 0) is 16.0 Å². The van der Waals surface area contributed by atoms with E-state index in [4.69, 9.17) is 0 Å². The first-order valence-electron chi connectivity index (χ1n) is 13.3. The summed E-state index contributed by atoms with van der Waals surface area (Å²) in [5.41, 5.74) is 2.64. The highest BCUT2D eigenvalue weighted by Gasteiger charge is 2.47. The molecule has 9 heteroatoms. The summed E-state index contributed by atoms with van der Waals surface area (Å²) in [5.74, 6) is -0.732. The molecule has 1 N–H and O–H groups in total. The lowest BCUT2D eigenvalue weighted by atomic mass is 9.95. The molecule has 2 aromatic carbocycles. The average Bonchev–Trinajstić information content (AvgIpc) is 3.28. The average molecular weight is 520 g/mol. The van der Waals surface area contributed by atoms with Crippen molar-refractivity contribution in [3.8, 4) is 0 Å². The van der Waals surface area contributed by atoms with E-state index in [-0.39, 0.29) is 24.4 Å². The van der Waals surface area contributed by atoms with Crippen molar-refractivity contribution in [3.05, 3.63) is 82.8 Å². The second kappa shape index (κ2) is 10.9. The number of likely N-dealkylation sites (N-methyl/N-ethyl adjacent to an activating group) is 2. The lowest BCUT2D eigenvalue weighted by Gasteiger charge is -2.38. The number of halogens is 1.